The third kappa shape index (κ3) is 3.60. The normalized spacial score (nSPS) is 18.3. The van der Waals surface area contributed by atoms with Gasteiger partial charge in [-0.25, -0.2) is 4.79 Å². The Balaban J connectivity index is 2.44. The van der Waals surface area contributed by atoms with Crippen LogP contribution in [0.15, 0.2) is 0 Å². The van der Waals surface area contributed by atoms with Gasteiger partial charge in [0.2, 0.25) is 5.91 Å². The lowest BCUT2D eigenvalue weighted by molar-refractivity contribution is -0.134. The molecule has 3 amide bonds. The lowest BCUT2D eigenvalue weighted by Gasteiger charge is -2.37. The molecule has 6 nitrogen and oxygen atoms in total. The first-order valence-corrected chi connectivity index (χ1v) is 6.45. The molecule has 1 rings (SSSR count). The van der Waals surface area contributed by atoms with Gasteiger partial charge in [0.15, 0.2) is 0 Å². The fourth-order valence-electron chi connectivity index (χ4n) is 2.11. The molecule has 1 N–H and O–H groups in total. The molecule has 0 spiro atoms. The summed E-state index contributed by atoms with van der Waals surface area (Å²) in [5.74, 6) is 0.112. The first kappa shape index (κ1) is 14.8. The van der Waals surface area contributed by atoms with Crippen LogP contribution in [0.2, 0.25) is 0 Å². The summed E-state index contributed by atoms with van der Waals surface area (Å²) in [7, 11) is 3.54. The molecule has 1 aliphatic rings. The van der Waals surface area contributed by atoms with E-state index in [1.165, 1.54) is 0 Å². The predicted molar refractivity (Wildman–Crippen MR) is 70.4 cm³/mol. The minimum atomic E-state index is -0.114. The minimum Gasteiger partial charge on any atom is -0.347 e. The van der Waals surface area contributed by atoms with Crippen molar-refractivity contribution in [1.82, 2.24) is 20.0 Å². The summed E-state index contributed by atoms with van der Waals surface area (Å²) in [6.07, 6.45) is 0. The van der Waals surface area contributed by atoms with E-state index in [-0.39, 0.29) is 18.0 Å². The Kier molecular flexibility index (Phi) is 5.40. The quantitative estimate of drug-likeness (QED) is 0.761. The number of hydrogen-bond donors (Lipinski definition) is 1. The van der Waals surface area contributed by atoms with Crippen LogP contribution in [0.3, 0.4) is 0 Å². The second-order valence-corrected chi connectivity index (χ2v) is 4.77. The van der Waals surface area contributed by atoms with Crippen LogP contribution in [0.1, 0.15) is 13.8 Å². The average Bonchev–Trinajstić information content (AvgIpc) is 2.37. The van der Waals surface area contributed by atoms with E-state index in [4.69, 9.17) is 0 Å². The zero-order valence-electron chi connectivity index (χ0n) is 11.8. The number of piperazine rings is 1. The van der Waals surface area contributed by atoms with Crippen molar-refractivity contribution in [3.63, 3.8) is 0 Å². The molecule has 0 radical (unpaired) electrons. The maximum Gasteiger partial charge on any atom is 0.317 e. The van der Waals surface area contributed by atoms with Crippen LogP contribution in [0.4, 0.5) is 4.79 Å². The van der Waals surface area contributed by atoms with Gasteiger partial charge < -0.3 is 15.1 Å². The van der Waals surface area contributed by atoms with E-state index < -0.39 is 0 Å². The maximum absolute atomic E-state index is 11.9. The standard InChI is InChI=1S/C12H24N4O2/c1-5-13-12(18)16-8-6-15(7-9-16)10(2)11(17)14(3)4/h10H,5-9H2,1-4H3,(H,13,18). The Labute approximate surface area is 109 Å². The zero-order valence-corrected chi connectivity index (χ0v) is 11.8. The Morgan fingerprint density at radius 2 is 1.78 bits per heavy atom. The van der Waals surface area contributed by atoms with E-state index in [1.54, 1.807) is 23.9 Å². The molecule has 0 aromatic carbocycles. The summed E-state index contributed by atoms with van der Waals surface area (Å²) < 4.78 is 0. The highest BCUT2D eigenvalue weighted by Gasteiger charge is 2.27. The molecule has 0 saturated carbocycles. The molecule has 1 unspecified atom stereocenters. The van der Waals surface area contributed by atoms with E-state index in [0.717, 1.165) is 13.1 Å². The Hall–Kier alpha value is -1.30. The summed E-state index contributed by atoms with van der Waals surface area (Å²) >= 11 is 0. The lowest BCUT2D eigenvalue weighted by atomic mass is 10.2. The van der Waals surface area contributed by atoms with Crippen molar-refractivity contribution in [3.8, 4) is 0 Å². The minimum absolute atomic E-state index is 0.0104. The number of carbonyl (C=O) groups is 2. The van der Waals surface area contributed by atoms with Gasteiger partial charge in [-0.15, -0.1) is 0 Å². The molecule has 6 heteroatoms. The molecule has 1 heterocycles. The topological polar surface area (TPSA) is 55.9 Å². The third-order valence-electron chi connectivity index (χ3n) is 3.28. The van der Waals surface area contributed by atoms with Gasteiger partial charge in [-0.1, -0.05) is 0 Å². The highest BCUT2D eigenvalue weighted by atomic mass is 16.2. The Morgan fingerprint density at radius 1 is 1.22 bits per heavy atom. The number of nitrogens with one attached hydrogen (secondary N) is 1. The van der Waals surface area contributed by atoms with Gasteiger partial charge >= 0.3 is 6.03 Å². The van der Waals surface area contributed by atoms with Gasteiger partial charge in [0.25, 0.3) is 0 Å². The van der Waals surface area contributed by atoms with Crippen LogP contribution >= 0.6 is 0 Å². The van der Waals surface area contributed by atoms with Gasteiger partial charge in [-0.2, -0.15) is 0 Å². The smallest absolute Gasteiger partial charge is 0.317 e. The van der Waals surface area contributed by atoms with Gasteiger partial charge in [0, 0.05) is 46.8 Å². The molecular formula is C12H24N4O2. The molecule has 0 aromatic heterocycles. The monoisotopic (exact) mass is 256 g/mol. The number of nitrogens with zero attached hydrogens (tertiary/aromatic N) is 3. The second kappa shape index (κ2) is 6.58. The van der Waals surface area contributed by atoms with Crippen molar-refractivity contribution in [1.29, 1.82) is 0 Å². The third-order valence-corrected chi connectivity index (χ3v) is 3.28. The van der Waals surface area contributed by atoms with Crippen LogP contribution < -0.4 is 5.32 Å². The molecule has 0 aromatic rings. The summed E-state index contributed by atoms with van der Waals surface area (Å²) in [6, 6.07) is -0.125. The molecule has 0 aliphatic carbocycles. The lowest BCUT2D eigenvalue weighted by Crippen LogP contribution is -2.56. The van der Waals surface area contributed by atoms with E-state index >= 15 is 0 Å². The van der Waals surface area contributed by atoms with Gasteiger partial charge in [0.05, 0.1) is 6.04 Å². The SMILES string of the molecule is CCNC(=O)N1CCN(C(C)C(=O)N(C)C)CC1. The number of amides is 3. The highest BCUT2D eigenvalue weighted by Crippen LogP contribution is 2.08. The highest BCUT2D eigenvalue weighted by molar-refractivity contribution is 5.81. The van der Waals surface area contributed by atoms with Crippen molar-refractivity contribution < 1.29 is 9.59 Å². The van der Waals surface area contributed by atoms with Crippen LogP contribution in [-0.4, -0.2) is 79.5 Å². The number of rotatable bonds is 3. The summed E-state index contributed by atoms with van der Waals surface area (Å²) in [4.78, 5) is 29.0. The number of likely N-dealkylation sites (N-methyl/N-ethyl adjacent to an activating group) is 1. The maximum atomic E-state index is 11.9. The molecule has 104 valence electrons. The van der Waals surface area contributed by atoms with Crippen molar-refractivity contribution in [3.05, 3.63) is 0 Å². The van der Waals surface area contributed by atoms with Crippen molar-refractivity contribution in [2.75, 3.05) is 46.8 Å². The molecule has 0 bridgehead atoms. The van der Waals surface area contributed by atoms with Crippen molar-refractivity contribution >= 4 is 11.9 Å². The number of hydrogen-bond acceptors (Lipinski definition) is 3. The summed E-state index contributed by atoms with van der Waals surface area (Å²) in [6.45, 7) is 7.33. The van der Waals surface area contributed by atoms with Crippen LogP contribution in [0.5, 0.6) is 0 Å². The van der Waals surface area contributed by atoms with Gasteiger partial charge in [-0.3, -0.25) is 9.69 Å². The van der Waals surface area contributed by atoms with Crippen molar-refractivity contribution in [2.24, 2.45) is 0 Å². The first-order valence-electron chi connectivity index (χ1n) is 6.45. The first-order chi connectivity index (χ1) is 8.47. The van der Waals surface area contributed by atoms with E-state index in [2.05, 4.69) is 10.2 Å². The molecule has 18 heavy (non-hydrogen) atoms. The summed E-state index contributed by atoms with van der Waals surface area (Å²) in [5.41, 5.74) is 0. The molecule has 1 aliphatic heterocycles. The predicted octanol–water partition coefficient (Wildman–Crippen LogP) is -0.190. The van der Waals surface area contributed by atoms with E-state index in [1.807, 2.05) is 13.8 Å². The average molecular weight is 256 g/mol. The van der Waals surface area contributed by atoms with Gasteiger partial charge in [0.1, 0.15) is 0 Å². The van der Waals surface area contributed by atoms with Crippen LogP contribution in [-0.2, 0) is 4.79 Å². The van der Waals surface area contributed by atoms with Crippen LogP contribution in [0.25, 0.3) is 0 Å². The zero-order chi connectivity index (χ0) is 13.7. The summed E-state index contributed by atoms with van der Waals surface area (Å²) in [5, 5.41) is 2.79. The second-order valence-electron chi connectivity index (χ2n) is 4.77. The molecule has 1 saturated heterocycles. The Bertz CT molecular complexity index is 298. The van der Waals surface area contributed by atoms with Crippen molar-refractivity contribution in [2.45, 2.75) is 19.9 Å². The van der Waals surface area contributed by atoms with Gasteiger partial charge in [-0.05, 0) is 13.8 Å². The fourth-order valence-corrected chi connectivity index (χ4v) is 2.11. The fraction of sp³-hybridized carbons (Fsp3) is 0.833. The number of urea groups is 1. The molecule has 1 fully saturated rings. The number of carbonyl (C=O) groups excluding carboxylic acids is 2. The van der Waals surface area contributed by atoms with E-state index in [0.29, 0.717) is 19.6 Å². The molecular weight excluding hydrogens is 232 g/mol. The Morgan fingerprint density at radius 3 is 2.22 bits per heavy atom. The molecule has 1 atom stereocenters. The van der Waals surface area contributed by atoms with Crippen LogP contribution in [0, 0.1) is 0 Å². The van der Waals surface area contributed by atoms with E-state index in [9.17, 15) is 9.59 Å². The largest absolute Gasteiger partial charge is 0.347 e.